The summed E-state index contributed by atoms with van der Waals surface area (Å²) in [4.78, 5) is 12.3. The monoisotopic (exact) mass is 433 g/mol. The summed E-state index contributed by atoms with van der Waals surface area (Å²) >= 11 is 0. The number of benzene rings is 4. The minimum atomic E-state index is -0.432. The molecule has 1 amide bonds. The van der Waals surface area contributed by atoms with Gasteiger partial charge in [0.1, 0.15) is 5.75 Å². The smallest absolute Gasteiger partial charge is 0.249 e. The second-order valence-corrected chi connectivity index (χ2v) is 8.46. The Kier molecular flexibility index (Phi) is 5.14. The maximum absolute atomic E-state index is 12.3. The van der Waals surface area contributed by atoms with Crippen molar-refractivity contribution in [3.05, 3.63) is 101 Å². The summed E-state index contributed by atoms with van der Waals surface area (Å²) in [6, 6.07) is 27.8. The summed E-state index contributed by atoms with van der Waals surface area (Å²) in [6.45, 7) is 4.93. The molecule has 0 aliphatic rings. The molecule has 0 bridgehead atoms. The second kappa shape index (κ2) is 8.14. The zero-order chi connectivity index (χ0) is 23.1. The van der Waals surface area contributed by atoms with Crippen molar-refractivity contribution in [2.45, 2.75) is 20.4 Å². The van der Waals surface area contributed by atoms with Gasteiger partial charge in [-0.3, -0.25) is 4.79 Å². The molecule has 0 atom stereocenters. The van der Waals surface area contributed by atoms with Crippen LogP contribution in [0.15, 0.2) is 72.8 Å². The van der Waals surface area contributed by atoms with Crippen molar-refractivity contribution in [2.75, 3.05) is 7.11 Å². The zero-order valence-electron chi connectivity index (χ0n) is 19.0. The normalized spacial score (nSPS) is 11.2. The average Bonchev–Trinajstić information content (AvgIpc) is 3.13. The first-order valence-electron chi connectivity index (χ1n) is 10.9. The van der Waals surface area contributed by atoms with E-state index >= 15 is 0 Å². The summed E-state index contributed by atoms with van der Waals surface area (Å²) in [5.74, 6) is 0.387. The van der Waals surface area contributed by atoms with E-state index in [1.807, 2.05) is 42.5 Å². The third kappa shape index (κ3) is 3.64. The lowest BCUT2D eigenvalue weighted by Gasteiger charge is -2.12. The van der Waals surface area contributed by atoms with Crippen LogP contribution in [0.4, 0.5) is 0 Å². The molecule has 4 heteroatoms. The minimum absolute atomic E-state index is 0.432. The number of carbonyl (C=O) groups is 1. The highest BCUT2D eigenvalue weighted by atomic mass is 16.5. The van der Waals surface area contributed by atoms with E-state index in [2.05, 4.69) is 48.7 Å². The molecule has 0 aliphatic heterocycles. The van der Waals surface area contributed by atoms with E-state index in [0.717, 1.165) is 38.7 Å². The number of primary amides is 1. The molecule has 33 heavy (non-hydrogen) atoms. The first-order valence-corrected chi connectivity index (χ1v) is 10.9. The van der Waals surface area contributed by atoms with Crippen LogP contribution in [0.5, 0.6) is 5.75 Å². The van der Waals surface area contributed by atoms with Crippen molar-refractivity contribution in [1.29, 1.82) is 0 Å². The fourth-order valence-electron chi connectivity index (χ4n) is 4.58. The van der Waals surface area contributed by atoms with Crippen LogP contribution in [0.25, 0.3) is 32.9 Å². The van der Waals surface area contributed by atoms with Crippen LogP contribution in [0.2, 0.25) is 0 Å². The van der Waals surface area contributed by atoms with Crippen molar-refractivity contribution in [1.82, 2.24) is 4.57 Å². The molecule has 0 spiro atoms. The average molecular weight is 434 g/mol. The summed E-state index contributed by atoms with van der Waals surface area (Å²) in [5, 5.41) is 1.76. The standard InChI is InChI=1S/C29H25N2O2/c1-18-7-8-22(19(2)15-18)17-31-26-6-4-5-25(29(30)32)28(26)24-14-11-21(16-27(24)31)20-9-12-23(33-3)13-10-20/h4-13,15-16H,17H2,1-3H3,(H2,30,32). The zero-order valence-corrected chi connectivity index (χ0v) is 19.0. The minimum Gasteiger partial charge on any atom is -0.497 e. The highest BCUT2D eigenvalue weighted by Crippen LogP contribution is 2.35. The number of hydrogen-bond acceptors (Lipinski definition) is 2. The van der Waals surface area contributed by atoms with Crippen LogP contribution in [-0.2, 0) is 6.54 Å². The lowest BCUT2D eigenvalue weighted by molar-refractivity contribution is 0.100. The Morgan fingerprint density at radius 1 is 0.970 bits per heavy atom. The Morgan fingerprint density at radius 2 is 1.76 bits per heavy atom. The van der Waals surface area contributed by atoms with Gasteiger partial charge in [-0.15, -0.1) is 0 Å². The SMILES string of the molecule is COc1ccc(-c2c[c]c3c4c(C(N)=O)cccc4n(Cc4ccc(C)cc4C)c3c2)cc1. The molecular formula is C29H25N2O2. The predicted molar refractivity (Wildman–Crippen MR) is 134 cm³/mol. The Morgan fingerprint density at radius 3 is 2.45 bits per heavy atom. The number of nitrogens with zero attached hydrogens (tertiary/aromatic N) is 1. The van der Waals surface area contributed by atoms with E-state index in [1.165, 1.54) is 16.7 Å². The lowest BCUT2D eigenvalue weighted by atomic mass is 10.0. The molecule has 163 valence electrons. The van der Waals surface area contributed by atoms with E-state index < -0.39 is 5.91 Å². The Labute approximate surface area is 193 Å². The van der Waals surface area contributed by atoms with Gasteiger partial charge < -0.3 is 15.0 Å². The van der Waals surface area contributed by atoms with Gasteiger partial charge in [0.05, 0.1) is 18.1 Å². The number of ether oxygens (including phenoxy) is 1. The molecular weight excluding hydrogens is 408 g/mol. The number of amides is 1. The van der Waals surface area contributed by atoms with Gasteiger partial charge in [0.25, 0.3) is 0 Å². The second-order valence-electron chi connectivity index (χ2n) is 8.46. The summed E-state index contributed by atoms with van der Waals surface area (Å²) < 4.78 is 7.56. The summed E-state index contributed by atoms with van der Waals surface area (Å²) in [6.07, 6.45) is 0. The van der Waals surface area contributed by atoms with Crippen molar-refractivity contribution < 1.29 is 9.53 Å². The number of fused-ring (bicyclic) bond motifs is 3. The summed E-state index contributed by atoms with van der Waals surface area (Å²) in [5.41, 5.74) is 14.1. The van der Waals surface area contributed by atoms with Crippen molar-refractivity contribution in [3.63, 3.8) is 0 Å². The van der Waals surface area contributed by atoms with Crippen molar-refractivity contribution in [2.24, 2.45) is 5.73 Å². The van der Waals surface area contributed by atoms with E-state index in [-0.39, 0.29) is 0 Å². The van der Waals surface area contributed by atoms with E-state index in [0.29, 0.717) is 12.1 Å². The van der Waals surface area contributed by atoms with Gasteiger partial charge in [0.15, 0.2) is 0 Å². The number of hydrogen-bond donors (Lipinski definition) is 1. The third-order valence-corrected chi connectivity index (χ3v) is 6.31. The summed E-state index contributed by atoms with van der Waals surface area (Å²) in [7, 11) is 1.66. The number of aromatic nitrogens is 1. The molecule has 1 radical (unpaired) electrons. The number of rotatable bonds is 5. The van der Waals surface area contributed by atoms with Crippen LogP contribution in [0, 0.1) is 19.9 Å². The third-order valence-electron chi connectivity index (χ3n) is 6.31. The van der Waals surface area contributed by atoms with E-state index in [9.17, 15) is 4.79 Å². The molecule has 0 saturated heterocycles. The Bertz CT molecular complexity index is 1510. The predicted octanol–water partition coefficient (Wildman–Crippen LogP) is 6.03. The quantitative estimate of drug-likeness (QED) is 0.368. The van der Waals surface area contributed by atoms with E-state index in [1.54, 1.807) is 13.2 Å². The van der Waals surface area contributed by atoms with Crippen LogP contribution < -0.4 is 10.5 Å². The number of aryl methyl sites for hydroxylation is 2. The van der Waals surface area contributed by atoms with E-state index in [4.69, 9.17) is 10.5 Å². The van der Waals surface area contributed by atoms with Gasteiger partial charge in [-0.05, 0) is 78.6 Å². The molecule has 1 heterocycles. The van der Waals surface area contributed by atoms with Crippen LogP contribution >= 0.6 is 0 Å². The molecule has 1 aromatic heterocycles. The van der Waals surface area contributed by atoms with Gasteiger partial charge in [-0.2, -0.15) is 0 Å². The molecule has 4 aromatic carbocycles. The topological polar surface area (TPSA) is 57.2 Å². The number of methoxy groups -OCH3 is 1. The highest BCUT2D eigenvalue weighted by molar-refractivity contribution is 6.18. The molecule has 5 aromatic rings. The molecule has 5 rings (SSSR count). The van der Waals surface area contributed by atoms with Crippen LogP contribution in [0.1, 0.15) is 27.0 Å². The van der Waals surface area contributed by atoms with Crippen molar-refractivity contribution in [3.8, 4) is 16.9 Å². The largest absolute Gasteiger partial charge is 0.497 e. The van der Waals surface area contributed by atoms with Crippen LogP contribution in [0.3, 0.4) is 0 Å². The fourth-order valence-corrected chi connectivity index (χ4v) is 4.58. The first kappa shape index (κ1) is 20.8. The van der Waals surface area contributed by atoms with Gasteiger partial charge in [0, 0.05) is 22.9 Å². The maximum Gasteiger partial charge on any atom is 0.249 e. The van der Waals surface area contributed by atoms with Crippen LogP contribution in [-0.4, -0.2) is 17.6 Å². The Balaban J connectivity index is 1.77. The van der Waals surface area contributed by atoms with Gasteiger partial charge in [-0.25, -0.2) is 0 Å². The molecule has 0 aliphatic carbocycles. The molecule has 0 saturated carbocycles. The number of nitrogens with two attached hydrogens (primary N) is 1. The van der Waals surface area contributed by atoms with Gasteiger partial charge in [-0.1, -0.05) is 42.0 Å². The molecule has 0 fully saturated rings. The molecule has 4 nitrogen and oxygen atoms in total. The maximum atomic E-state index is 12.3. The Hall–Kier alpha value is -4.05. The van der Waals surface area contributed by atoms with Crippen molar-refractivity contribution >= 4 is 27.7 Å². The number of carbonyl (C=O) groups excluding carboxylic acids is 1. The highest BCUT2D eigenvalue weighted by Gasteiger charge is 2.18. The fraction of sp³-hybridized carbons (Fsp3) is 0.138. The molecule has 0 unspecified atom stereocenters. The first-order chi connectivity index (χ1) is 16.0. The lowest BCUT2D eigenvalue weighted by Crippen LogP contribution is -2.11. The van der Waals surface area contributed by atoms with Gasteiger partial charge >= 0.3 is 0 Å². The molecule has 2 N–H and O–H groups in total. The van der Waals surface area contributed by atoms with Gasteiger partial charge in [0.2, 0.25) is 5.91 Å².